The fourth-order valence-corrected chi connectivity index (χ4v) is 2.51. The highest BCUT2D eigenvalue weighted by molar-refractivity contribution is 6.30. The lowest BCUT2D eigenvalue weighted by atomic mass is 9.99. The molecule has 0 N–H and O–H groups in total. The van der Waals surface area contributed by atoms with Crippen molar-refractivity contribution >= 4 is 17.9 Å². The first-order chi connectivity index (χ1) is 10.6. The number of hydrogen-bond acceptors (Lipinski definition) is 3. The Hall–Kier alpha value is -2.07. The first-order valence-corrected chi connectivity index (χ1v) is 7.08. The molecule has 0 saturated carbocycles. The van der Waals surface area contributed by atoms with Gasteiger partial charge < -0.3 is 14.3 Å². The van der Waals surface area contributed by atoms with Crippen LogP contribution in [0.5, 0.6) is 11.5 Å². The normalized spacial score (nSPS) is 10.4. The Bertz CT molecular complexity index is 686. The Balaban J connectivity index is 2.46. The molecular weight excluding hydrogens is 307 g/mol. The van der Waals surface area contributed by atoms with Gasteiger partial charge in [0.25, 0.3) is 0 Å². The van der Waals surface area contributed by atoms with E-state index in [0.29, 0.717) is 23.5 Å². The lowest BCUT2D eigenvalue weighted by Gasteiger charge is -2.14. The smallest absolute Gasteiger partial charge is 0.145 e. The molecule has 0 spiro atoms. The summed E-state index contributed by atoms with van der Waals surface area (Å²) in [6.07, 6.45) is 1.33. The molecule has 0 heterocycles. The molecule has 0 aliphatic heterocycles. The maximum absolute atomic E-state index is 14.1. The third kappa shape index (κ3) is 3.39. The monoisotopic (exact) mass is 322 g/mol. The molecular formula is C17H16ClFO3. The molecule has 3 nitrogen and oxygen atoms in total. The standard InChI is InChI=1S/C17H16ClFO3/c1-21-15-10-16(22-2)13(8-11(15)6-7-20)9-12-4-3-5-14(18)17(12)19/h3-5,7-8,10H,6,9H2,1-2H3. The van der Waals surface area contributed by atoms with Crippen LogP contribution in [-0.2, 0) is 17.6 Å². The molecule has 2 aromatic carbocycles. The maximum atomic E-state index is 14.1. The van der Waals surface area contributed by atoms with Crippen molar-refractivity contribution in [1.29, 1.82) is 0 Å². The van der Waals surface area contributed by atoms with Crippen LogP contribution < -0.4 is 9.47 Å². The van der Waals surface area contributed by atoms with E-state index in [1.807, 2.05) is 0 Å². The number of hydrogen-bond donors (Lipinski definition) is 0. The predicted octanol–water partition coefficient (Wildman–Crippen LogP) is 3.83. The summed E-state index contributed by atoms with van der Waals surface area (Å²) in [4.78, 5) is 10.8. The van der Waals surface area contributed by atoms with Crippen molar-refractivity contribution in [3.8, 4) is 11.5 Å². The molecule has 2 rings (SSSR count). The van der Waals surface area contributed by atoms with Gasteiger partial charge in [-0.15, -0.1) is 0 Å². The first-order valence-electron chi connectivity index (χ1n) is 6.71. The van der Waals surface area contributed by atoms with E-state index in [2.05, 4.69) is 0 Å². The fraction of sp³-hybridized carbons (Fsp3) is 0.235. The Kier molecular flexibility index (Phi) is 5.39. The lowest BCUT2D eigenvalue weighted by molar-refractivity contribution is -0.107. The minimum Gasteiger partial charge on any atom is -0.496 e. The molecule has 0 amide bonds. The van der Waals surface area contributed by atoms with Gasteiger partial charge in [-0.25, -0.2) is 4.39 Å². The predicted molar refractivity (Wildman–Crippen MR) is 83.5 cm³/mol. The van der Waals surface area contributed by atoms with Crippen molar-refractivity contribution < 1.29 is 18.7 Å². The van der Waals surface area contributed by atoms with E-state index in [1.54, 1.807) is 24.3 Å². The molecule has 0 aliphatic carbocycles. The summed E-state index contributed by atoms with van der Waals surface area (Å²) < 4.78 is 24.7. The summed E-state index contributed by atoms with van der Waals surface area (Å²) in [6.45, 7) is 0. The lowest BCUT2D eigenvalue weighted by Crippen LogP contribution is -2.01. The molecule has 5 heteroatoms. The minimum atomic E-state index is -0.445. The number of aldehydes is 1. The number of carbonyl (C=O) groups excluding carboxylic acids is 1. The Morgan fingerprint density at radius 2 is 1.77 bits per heavy atom. The van der Waals surface area contributed by atoms with Gasteiger partial charge >= 0.3 is 0 Å². The number of halogens is 2. The summed E-state index contributed by atoms with van der Waals surface area (Å²) in [6, 6.07) is 8.37. The summed E-state index contributed by atoms with van der Waals surface area (Å²) in [5.74, 6) is 0.698. The van der Waals surface area contributed by atoms with Crippen molar-refractivity contribution in [2.45, 2.75) is 12.8 Å². The van der Waals surface area contributed by atoms with Crippen molar-refractivity contribution in [3.63, 3.8) is 0 Å². The van der Waals surface area contributed by atoms with Crippen LogP contribution in [0.3, 0.4) is 0 Å². The molecule has 0 unspecified atom stereocenters. The molecule has 0 bridgehead atoms. The zero-order valence-electron chi connectivity index (χ0n) is 12.4. The van der Waals surface area contributed by atoms with E-state index in [-0.39, 0.29) is 11.4 Å². The molecule has 0 atom stereocenters. The number of benzene rings is 2. The fourth-order valence-electron chi connectivity index (χ4n) is 2.31. The Morgan fingerprint density at radius 1 is 1.09 bits per heavy atom. The second-order valence-corrected chi connectivity index (χ2v) is 5.14. The van der Waals surface area contributed by atoms with Crippen LogP contribution in [-0.4, -0.2) is 20.5 Å². The highest BCUT2D eigenvalue weighted by Crippen LogP contribution is 2.32. The van der Waals surface area contributed by atoms with Crippen LogP contribution in [0, 0.1) is 5.82 Å². The average molecular weight is 323 g/mol. The van der Waals surface area contributed by atoms with Gasteiger partial charge in [-0.2, -0.15) is 0 Å². The second kappa shape index (κ2) is 7.27. The van der Waals surface area contributed by atoms with E-state index in [1.165, 1.54) is 20.3 Å². The van der Waals surface area contributed by atoms with E-state index in [9.17, 15) is 9.18 Å². The van der Waals surface area contributed by atoms with Crippen molar-refractivity contribution in [3.05, 3.63) is 57.9 Å². The summed E-state index contributed by atoms with van der Waals surface area (Å²) in [5, 5.41) is 0.0816. The largest absolute Gasteiger partial charge is 0.496 e. The van der Waals surface area contributed by atoms with Gasteiger partial charge in [-0.05, 0) is 23.3 Å². The number of carbonyl (C=O) groups is 1. The van der Waals surface area contributed by atoms with Gasteiger partial charge in [0.1, 0.15) is 23.6 Å². The minimum absolute atomic E-state index is 0.0816. The molecule has 2 aromatic rings. The molecule has 22 heavy (non-hydrogen) atoms. The molecule has 0 saturated heterocycles. The van der Waals surface area contributed by atoms with Crippen LogP contribution in [0.1, 0.15) is 16.7 Å². The quantitative estimate of drug-likeness (QED) is 0.758. The SMILES string of the molecule is COc1cc(OC)c(Cc2cccc(Cl)c2F)cc1CC=O. The zero-order chi connectivity index (χ0) is 16.1. The first kappa shape index (κ1) is 16.3. The van der Waals surface area contributed by atoms with Crippen LogP contribution in [0.15, 0.2) is 30.3 Å². The topological polar surface area (TPSA) is 35.5 Å². The van der Waals surface area contributed by atoms with Crippen molar-refractivity contribution in [2.24, 2.45) is 0 Å². The summed E-state index contributed by atoms with van der Waals surface area (Å²) in [5.41, 5.74) is 1.96. The number of methoxy groups -OCH3 is 2. The van der Waals surface area contributed by atoms with Crippen LogP contribution in [0.2, 0.25) is 5.02 Å². The zero-order valence-corrected chi connectivity index (χ0v) is 13.1. The van der Waals surface area contributed by atoms with E-state index in [4.69, 9.17) is 21.1 Å². The highest BCUT2D eigenvalue weighted by Gasteiger charge is 2.14. The van der Waals surface area contributed by atoms with Crippen LogP contribution in [0.25, 0.3) is 0 Å². The van der Waals surface area contributed by atoms with Crippen LogP contribution in [0.4, 0.5) is 4.39 Å². The summed E-state index contributed by atoms with van der Waals surface area (Å²) in [7, 11) is 3.06. The molecule has 116 valence electrons. The molecule has 0 fully saturated rings. The maximum Gasteiger partial charge on any atom is 0.145 e. The van der Waals surface area contributed by atoms with Crippen molar-refractivity contribution in [2.75, 3.05) is 14.2 Å². The number of ether oxygens (including phenoxy) is 2. The summed E-state index contributed by atoms with van der Waals surface area (Å²) >= 11 is 5.81. The third-order valence-electron chi connectivity index (χ3n) is 3.40. The van der Waals surface area contributed by atoms with Gasteiger partial charge in [-0.3, -0.25) is 0 Å². The van der Waals surface area contributed by atoms with Crippen LogP contribution >= 0.6 is 11.6 Å². The van der Waals surface area contributed by atoms with E-state index in [0.717, 1.165) is 17.4 Å². The average Bonchev–Trinajstić information content (AvgIpc) is 2.52. The van der Waals surface area contributed by atoms with Crippen molar-refractivity contribution in [1.82, 2.24) is 0 Å². The van der Waals surface area contributed by atoms with Gasteiger partial charge in [-0.1, -0.05) is 23.7 Å². The molecule has 0 aromatic heterocycles. The van der Waals surface area contributed by atoms with E-state index >= 15 is 0 Å². The van der Waals surface area contributed by atoms with Gasteiger partial charge in [0, 0.05) is 24.5 Å². The molecule has 0 aliphatic rings. The Labute approximate surface area is 133 Å². The highest BCUT2D eigenvalue weighted by atomic mass is 35.5. The second-order valence-electron chi connectivity index (χ2n) is 4.74. The van der Waals surface area contributed by atoms with E-state index < -0.39 is 5.82 Å². The van der Waals surface area contributed by atoms with Gasteiger partial charge in [0.05, 0.1) is 19.2 Å². The molecule has 0 radical (unpaired) electrons. The van der Waals surface area contributed by atoms with Gasteiger partial charge in [0.15, 0.2) is 0 Å². The number of rotatable bonds is 6. The Morgan fingerprint density at radius 3 is 2.41 bits per heavy atom. The van der Waals surface area contributed by atoms with Gasteiger partial charge in [0.2, 0.25) is 0 Å². The third-order valence-corrected chi connectivity index (χ3v) is 3.69.